The van der Waals surface area contributed by atoms with Gasteiger partial charge in [0.05, 0.1) is 31.2 Å². The second-order valence-corrected chi connectivity index (χ2v) is 11.6. The number of sulfonamides is 1. The van der Waals surface area contributed by atoms with E-state index >= 15 is 0 Å². The van der Waals surface area contributed by atoms with E-state index < -0.39 is 22.2 Å². The third kappa shape index (κ3) is 6.60. The average molecular weight is 530 g/mol. The average Bonchev–Trinajstić information content (AvgIpc) is 2.88. The van der Waals surface area contributed by atoms with Crippen LogP contribution in [0, 0.1) is 23.7 Å². The molecule has 2 heterocycles. The minimum absolute atomic E-state index is 0.0201. The number of methoxy groups -OCH3 is 1. The van der Waals surface area contributed by atoms with Crippen LogP contribution in [-0.4, -0.2) is 79.6 Å². The molecule has 1 N–H and O–H groups in total. The second-order valence-electron chi connectivity index (χ2n) is 9.59. The number of aliphatic hydroxyl groups is 1. The highest BCUT2D eigenvalue weighted by molar-refractivity contribution is 7.89. The van der Waals surface area contributed by atoms with Gasteiger partial charge in [-0.05, 0) is 25.1 Å². The Morgan fingerprint density at radius 1 is 1.30 bits per heavy atom. The van der Waals surface area contributed by atoms with Gasteiger partial charge < -0.3 is 19.5 Å². The van der Waals surface area contributed by atoms with Crippen molar-refractivity contribution >= 4 is 15.9 Å². The van der Waals surface area contributed by atoms with Gasteiger partial charge in [-0.15, -0.1) is 0 Å². The molecule has 0 radical (unpaired) electrons. The summed E-state index contributed by atoms with van der Waals surface area (Å²) in [5, 5.41) is 9.83. The highest BCUT2D eigenvalue weighted by Gasteiger charge is 2.36. The highest BCUT2D eigenvalue weighted by Crippen LogP contribution is 2.28. The molecule has 10 heteroatoms. The number of likely N-dealkylation sites (N-methyl/N-ethyl adjacent to an activating group) is 1. The summed E-state index contributed by atoms with van der Waals surface area (Å²) in [7, 11) is -0.882. The van der Waals surface area contributed by atoms with Gasteiger partial charge in [-0.2, -0.15) is 4.31 Å². The van der Waals surface area contributed by atoms with E-state index in [4.69, 9.17) is 9.47 Å². The number of carbonyl (C=O) groups excluding carboxylic acids is 1. The van der Waals surface area contributed by atoms with Crippen molar-refractivity contribution in [3.63, 3.8) is 0 Å². The Balaban J connectivity index is 1.98. The zero-order valence-corrected chi connectivity index (χ0v) is 22.9. The monoisotopic (exact) mass is 529 g/mol. The molecule has 0 bridgehead atoms. The molecule has 0 aliphatic carbocycles. The van der Waals surface area contributed by atoms with E-state index in [1.54, 1.807) is 36.2 Å². The molecule has 1 amide bonds. The van der Waals surface area contributed by atoms with Gasteiger partial charge in [0, 0.05) is 43.3 Å². The molecule has 200 valence electrons. The molecule has 3 atom stereocenters. The standard InChI is InChI=1S/C27H35N3O6S/c1-18(2)10-11-21-12-24-26(28-14-21)36-25(19(3)15-30(27(24)32)20(4)17-31)16-29(5)37(33,34)23-9-7-8-22(13-23)35-6/h7-9,12-14,18-20,25,31H,15-17H2,1-6H3/t19-,20+,25+/m1/s1. The summed E-state index contributed by atoms with van der Waals surface area (Å²) in [5.74, 6) is 6.19. The van der Waals surface area contributed by atoms with Crippen LogP contribution in [0.4, 0.5) is 0 Å². The van der Waals surface area contributed by atoms with Crippen LogP contribution in [0.2, 0.25) is 0 Å². The van der Waals surface area contributed by atoms with Gasteiger partial charge in [0.15, 0.2) is 0 Å². The van der Waals surface area contributed by atoms with Crippen molar-refractivity contribution in [3.8, 4) is 23.5 Å². The van der Waals surface area contributed by atoms with Gasteiger partial charge in [0.1, 0.15) is 17.4 Å². The Morgan fingerprint density at radius 3 is 2.68 bits per heavy atom. The molecule has 1 aliphatic heterocycles. The van der Waals surface area contributed by atoms with E-state index in [2.05, 4.69) is 16.8 Å². The van der Waals surface area contributed by atoms with E-state index in [1.807, 2.05) is 20.8 Å². The van der Waals surface area contributed by atoms with E-state index in [1.165, 1.54) is 30.6 Å². The summed E-state index contributed by atoms with van der Waals surface area (Å²) in [6.45, 7) is 7.64. The van der Waals surface area contributed by atoms with E-state index in [-0.39, 0.29) is 53.8 Å². The first-order valence-electron chi connectivity index (χ1n) is 12.2. The molecular weight excluding hydrogens is 494 g/mol. The molecule has 0 spiro atoms. The van der Waals surface area contributed by atoms with E-state index in [0.29, 0.717) is 11.3 Å². The number of benzene rings is 1. The molecule has 9 nitrogen and oxygen atoms in total. The number of hydrogen-bond acceptors (Lipinski definition) is 7. The number of carbonyl (C=O) groups is 1. The Bertz CT molecular complexity index is 1280. The SMILES string of the molecule is COc1cccc(S(=O)(=O)N(C)C[C@@H]2Oc3ncc(C#CC(C)C)cc3C(=O)N([C@@H](C)CO)C[C@H]2C)c1. The summed E-state index contributed by atoms with van der Waals surface area (Å²) in [6.07, 6.45) is 0.923. The molecule has 1 aromatic heterocycles. The first-order chi connectivity index (χ1) is 17.5. The van der Waals surface area contributed by atoms with Crippen molar-refractivity contribution in [1.82, 2.24) is 14.2 Å². The predicted octanol–water partition coefficient (Wildman–Crippen LogP) is 2.64. The molecular formula is C27H35N3O6S. The van der Waals surface area contributed by atoms with E-state index in [0.717, 1.165) is 0 Å². The van der Waals surface area contributed by atoms with E-state index in [9.17, 15) is 18.3 Å². The van der Waals surface area contributed by atoms with Gasteiger partial charge >= 0.3 is 0 Å². The van der Waals surface area contributed by atoms with Gasteiger partial charge in [-0.25, -0.2) is 13.4 Å². The summed E-state index contributed by atoms with van der Waals surface area (Å²) in [4.78, 5) is 19.6. The lowest BCUT2D eigenvalue weighted by atomic mass is 10.00. The summed E-state index contributed by atoms with van der Waals surface area (Å²) < 4.78 is 39.2. The number of aliphatic hydroxyl groups excluding tert-OH is 1. The molecule has 0 saturated heterocycles. The first kappa shape index (κ1) is 28.4. The number of aromatic nitrogens is 1. The van der Waals surface area contributed by atoms with Crippen LogP contribution in [0.15, 0.2) is 41.4 Å². The van der Waals surface area contributed by atoms with Crippen LogP contribution in [-0.2, 0) is 10.0 Å². The molecule has 2 aromatic rings. The summed E-state index contributed by atoms with van der Waals surface area (Å²) >= 11 is 0. The maximum absolute atomic E-state index is 13.5. The fourth-order valence-corrected chi connectivity index (χ4v) is 5.13. The van der Waals surface area contributed by atoms with Crippen LogP contribution in [0.3, 0.4) is 0 Å². The Morgan fingerprint density at radius 2 is 2.03 bits per heavy atom. The quantitative estimate of drug-likeness (QED) is 0.549. The van der Waals surface area contributed by atoms with Crippen LogP contribution < -0.4 is 9.47 Å². The second kappa shape index (κ2) is 11.9. The minimum Gasteiger partial charge on any atom is -0.497 e. The molecule has 37 heavy (non-hydrogen) atoms. The lowest BCUT2D eigenvalue weighted by Crippen LogP contribution is -2.50. The number of hydrogen-bond donors (Lipinski definition) is 1. The fourth-order valence-electron chi connectivity index (χ4n) is 3.91. The van der Waals surface area contributed by atoms with Gasteiger partial charge in [-0.3, -0.25) is 4.79 Å². The topological polar surface area (TPSA) is 109 Å². The molecule has 0 saturated carbocycles. The Kier molecular flexibility index (Phi) is 9.18. The summed E-state index contributed by atoms with van der Waals surface area (Å²) in [6, 6.07) is 7.46. The van der Waals surface area contributed by atoms with Crippen LogP contribution in [0.25, 0.3) is 0 Å². The third-order valence-corrected chi connectivity index (χ3v) is 8.03. The number of fused-ring (bicyclic) bond motifs is 1. The molecule has 0 unspecified atom stereocenters. The number of nitrogens with zero attached hydrogens (tertiary/aromatic N) is 3. The zero-order valence-electron chi connectivity index (χ0n) is 22.1. The maximum atomic E-state index is 13.5. The van der Waals surface area contributed by atoms with Gasteiger partial charge in [0.2, 0.25) is 15.9 Å². The highest BCUT2D eigenvalue weighted by atomic mass is 32.2. The number of pyridine rings is 1. The smallest absolute Gasteiger partial charge is 0.259 e. The maximum Gasteiger partial charge on any atom is 0.259 e. The van der Waals surface area contributed by atoms with Crippen molar-refractivity contribution in [1.29, 1.82) is 0 Å². The molecule has 1 aromatic carbocycles. The summed E-state index contributed by atoms with van der Waals surface area (Å²) in [5.41, 5.74) is 0.801. The molecule has 1 aliphatic rings. The van der Waals surface area contributed by atoms with Gasteiger partial charge in [0.25, 0.3) is 5.91 Å². The Hall–Kier alpha value is -3.13. The predicted molar refractivity (Wildman–Crippen MR) is 140 cm³/mol. The Labute approximate surface area is 219 Å². The first-order valence-corrected chi connectivity index (χ1v) is 13.6. The van der Waals surface area contributed by atoms with Crippen LogP contribution in [0.5, 0.6) is 11.6 Å². The number of amides is 1. The van der Waals surface area contributed by atoms with Crippen molar-refractivity contribution < 1.29 is 27.8 Å². The zero-order chi connectivity index (χ0) is 27.3. The minimum atomic E-state index is -3.85. The third-order valence-electron chi connectivity index (χ3n) is 6.21. The van der Waals surface area contributed by atoms with Crippen LogP contribution in [0.1, 0.15) is 43.6 Å². The van der Waals surface area contributed by atoms with Crippen molar-refractivity contribution in [2.75, 3.05) is 33.9 Å². The normalized spacial score (nSPS) is 18.8. The van der Waals surface area contributed by atoms with Gasteiger partial charge in [-0.1, -0.05) is 38.7 Å². The van der Waals surface area contributed by atoms with Crippen molar-refractivity contribution in [2.45, 2.75) is 44.7 Å². The van der Waals surface area contributed by atoms with Crippen LogP contribution >= 0.6 is 0 Å². The molecule has 3 rings (SSSR count). The number of rotatable bonds is 7. The number of ether oxygens (including phenoxy) is 2. The van der Waals surface area contributed by atoms with Crippen molar-refractivity contribution in [2.24, 2.45) is 11.8 Å². The lowest BCUT2D eigenvalue weighted by Gasteiger charge is -2.37. The largest absolute Gasteiger partial charge is 0.497 e. The molecule has 0 fully saturated rings. The van der Waals surface area contributed by atoms with Crippen molar-refractivity contribution in [3.05, 3.63) is 47.7 Å². The lowest BCUT2D eigenvalue weighted by molar-refractivity contribution is 0.0373. The fraction of sp³-hybridized carbons (Fsp3) is 0.481.